The number of hydrogen-bond donors (Lipinski definition) is 0. The molecular formula is C17H21N3O3. The van der Waals surface area contributed by atoms with E-state index in [0.29, 0.717) is 31.5 Å². The highest BCUT2D eigenvalue weighted by atomic mass is 16.6. The minimum atomic E-state index is -0.292. The summed E-state index contributed by atoms with van der Waals surface area (Å²) in [5.74, 6) is 1.57. The van der Waals surface area contributed by atoms with Crippen LogP contribution in [0.4, 0.5) is 4.79 Å². The molecule has 2 heterocycles. The van der Waals surface area contributed by atoms with E-state index in [1.54, 1.807) is 4.90 Å². The number of likely N-dealkylation sites (tertiary alicyclic amines) is 1. The van der Waals surface area contributed by atoms with Gasteiger partial charge in [0.1, 0.15) is 6.61 Å². The van der Waals surface area contributed by atoms with Gasteiger partial charge in [-0.15, -0.1) is 10.2 Å². The van der Waals surface area contributed by atoms with Crippen LogP contribution in [0.1, 0.15) is 49.4 Å². The van der Waals surface area contributed by atoms with E-state index in [1.807, 2.05) is 44.2 Å². The second-order valence-corrected chi connectivity index (χ2v) is 6.11. The molecular weight excluding hydrogens is 294 g/mol. The molecule has 2 aromatic rings. The van der Waals surface area contributed by atoms with E-state index >= 15 is 0 Å². The standard InChI is InChI=1S/C17H21N3O3/c1-12(2)15-18-19-16(23-15)14-8-9-20(10-14)17(21)22-11-13-6-4-3-5-7-13/h3-7,12,14H,8-11H2,1-2H3. The van der Waals surface area contributed by atoms with E-state index in [2.05, 4.69) is 10.2 Å². The summed E-state index contributed by atoms with van der Waals surface area (Å²) in [6.45, 7) is 5.53. The van der Waals surface area contributed by atoms with Crippen LogP contribution in [-0.2, 0) is 11.3 Å². The van der Waals surface area contributed by atoms with E-state index in [9.17, 15) is 4.79 Å². The Morgan fingerprint density at radius 3 is 2.83 bits per heavy atom. The molecule has 122 valence electrons. The third-order valence-electron chi connectivity index (χ3n) is 3.95. The van der Waals surface area contributed by atoms with E-state index in [0.717, 1.165) is 12.0 Å². The van der Waals surface area contributed by atoms with E-state index in [1.165, 1.54) is 0 Å². The van der Waals surface area contributed by atoms with Crippen molar-refractivity contribution in [1.29, 1.82) is 0 Å². The molecule has 6 nitrogen and oxygen atoms in total. The number of rotatable bonds is 4. The van der Waals surface area contributed by atoms with Gasteiger partial charge in [-0.2, -0.15) is 0 Å². The fraction of sp³-hybridized carbons (Fsp3) is 0.471. The van der Waals surface area contributed by atoms with Crippen molar-refractivity contribution in [2.24, 2.45) is 0 Å². The van der Waals surface area contributed by atoms with E-state index < -0.39 is 0 Å². The van der Waals surface area contributed by atoms with Gasteiger partial charge in [0.15, 0.2) is 0 Å². The van der Waals surface area contributed by atoms with Crippen molar-refractivity contribution in [3.8, 4) is 0 Å². The van der Waals surface area contributed by atoms with Crippen molar-refractivity contribution in [1.82, 2.24) is 15.1 Å². The molecule has 1 saturated heterocycles. The maximum atomic E-state index is 12.1. The van der Waals surface area contributed by atoms with Crippen molar-refractivity contribution in [2.45, 2.75) is 38.7 Å². The molecule has 0 saturated carbocycles. The SMILES string of the molecule is CC(C)c1nnc(C2CCN(C(=O)OCc3ccccc3)C2)o1. The van der Waals surface area contributed by atoms with Crippen molar-refractivity contribution in [3.63, 3.8) is 0 Å². The van der Waals surface area contributed by atoms with E-state index in [4.69, 9.17) is 9.15 Å². The maximum absolute atomic E-state index is 12.1. The normalized spacial score (nSPS) is 17.7. The molecule has 0 N–H and O–H groups in total. The van der Waals surface area contributed by atoms with Gasteiger partial charge in [-0.25, -0.2) is 4.79 Å². The summed E-state index contributed by atoms with van der Waals surface area (Å²) in [6.07, 6.45) is 0.528. The maximum Gasteiger partial charge on any atom is 0.410 e. The number of nitrogens with zero attached hydrogens (tertiary/aromatic N) is 3. The van der Waals surface area contributed by atoms with Gasteiger partial charge >= 0.3 is 6.09 Å². The number of aromatic nitrogens is 2. The topological polar surface area (TPSA) is 68.5 Å². The first kappa shape index (κ1) is 15.5. The Labute approximate surface area is 135 Å². The second kappa shape index (κ2) is 6.81. The Bertz CT molecular complexity index is 654. The van der Waals surface area contributed by atoms with E-state index in [-0.39, 0.29) is 17.9 Å². The number of benzene rings is 1. The van der Waals surface area contributed by atoms with Crippen LogP contribution in [0.15, 0.2) is 34.7 Å². The number of amides is 1. The van der Waals surface area contributed by atoms with Gasteiger partial charge in [-0.05, 0) is 12.0 Å². The predicted octanol–water partition coefficient (Wildman–Crippen LogP) is 3.32. The first-order chi connectivity index (χ1) is 11.1. The zero-order valence-corrected chi connectivity index (χ0v) is 13.4. The summed E-state index contributed by atoms with van der Waals surface area (Å²) in [6, 6.07) is 9.66. The molecule has 1 unspecified atom stereocenters. The van der Waals surface area contributed by atoms with Crippen molar-refractivity contribution < 1.29 is 13.9 Å². The fourth-order valence-corrected chi connectivity index (χ4v) is 2.58. The van der Waals surface area contributed by atoms with Gasteiger partial charge in [0, 0.05) is 19.0 Å². The first-order valence-electron chi connectivity index (χ1n) is 7.92. The second-order valence-electron chi connectivity index (χ2n) is 6.11. The average Bonchev–Trinajstić information content (AvgIpc) is 3.22. The minimum absolute atomic E-state index is 0.0966. The Hall–Kier alpha value is -2.37. The summed E-state index contributed by atoms with van der Waals surface area (Å²) >= 11 is 0. The highest BCUT2D eigenvalue weighted by molar-refractivity contribution is 5.68. The third-order valence-corrected chi connectivity index (χ3v) is 3.95. The summed E-state index contributed by atoms with van der Waals surface area (Å²) in [5, 5.41) is 8.17. The highest BCUT2D eigenvalue weighted by Crippen LogP contribution is 2.28. The van der Waals surface area contributed by atoms with Crippen LogP contribution in [0.25, 0.3) is 0 Å². The van der Waals surface area contributed by atoms with Crippen LogP contribution >= 0.6 is 0 Å². The fourth-order valence-electron chi connectivity index (χ4n) is 2.58. The molecule has 23 heavy (non-hydrogen) atoms. The summed E-state index contributed by atoms with van der Waals surface area (Å²) in [5.41, 5.74) is 0.982. The quantitative estimate of drug-likeness (QED) is 0.865. The number of carbonyl (C=O) groups is 1. The summed E-state index contributed by atoms with van der Waals surface area (Å²) < 4.78 is 11.0. The molecule has 0 bridgehead atoms. The minimum Gasteiger partial charge on any atom is -0.445 e. The van der Waals surface area contributed by atoms with Gasteiger partial charge < -0.3 is 14.1 Å². The number of carbonyl (C=O) groups excluding carboxylic acids is 1. The van der Waals surface area contributed by atoms with Gasteiger partial charge in [0.25, 0.3) is 0 Å². The monoisotopic (exact) mass is 315 g/mol. The van der Waals surface area contributed by atoms with Crippen molar-refractivity contribution >= 4 is 6.09 Å². The summed E-state index contributed by atoms with van der Waals surface area (Å²) in [4.78, 5) is 13.8. The lowest BCUT2D eigenvalue weighted by Crippen LogP contribution is -2.29. The van der Waals surface area contributed by atoms with Crippen LogP contribution in [0.3, 0.4) is 0 Å². The lowest BCUT2D eigenvalue weighted by atomic mass is 10.1. The Balaban J connectivity index is 1.53. The zero-order chi connectivity index (χ0) is 16.2. The molecule has 0 spiro atoms. The predicted molar refractivity (Wildman–Crippen MR) is 83.9 cm³/mol. The molecule has 1 aliphatic heterocycles. The van der Waals surface area contributed by atoms with Gasteiger partial charge in [-0.1, -0.05) is 44.2 Å². The van der Waals surface area contributed by atoms with Crippen LogP contribution in [-0.4, -0.2) is 34.3 Å². The van der Waals surface area contributed by atoms with Gasteiger partial charge in [0.05, 0.1) is 5.92 Å². The molecule has 6 heteroatoms. The van der Waals surface area contributed by atoms with Gasteiger partial charge in [0.2, 0.25) is 11.8 Å². The Morgan fingerprint density at radius 2 is 2.13 bits per heavy atom. The smallest absolute Gasteiger partial charge is 0.410 e. The molecule has 0 aliphatic carbocycles. The van der Waals surface area contributed by atoms with Crippen LogP contribution in [0, 0.1) is 0 Å². The van der Waals surface area contributed by atoms with Crippen molar-refractivity contribution in [2.75, 3.05) is 13.1 Å². The largest absolute Gasteiger partial charge is 0.445 e. The van der Waals surface area contributed by atoms with Crippen LogP contribution in [0.2, 0.25) is 0 Å². The highest BCUT2D eigenvalue weighted by Gasteiger charge is 2.32. The average molecular weight is 315 g/mol. The lowest BCUT2D eigenvalue weighted by Gasteiger charge is -2.15. The third kappa shape index (κ3) is 3.70. The lowest BCUT2D eigenvalue weighted by molar-refractivity contribution is 0.103. The van der Waals surface area contributed by atoms with Crippen molar-refractivity contribution in [3.05, 3.63) is 47.7 Å². The molecule has 1 atom stereocenters. The first-order valence-corrected chi connectivity index (χ1v) is 7.92. The molecule has 1 amide bonds. The number of hydrogen-bond acceptors (Lipinski definition) is 5. The summed E-state index contributed by atoms with van der Waals surface area (Å²) in [7, 11) is 0. The molecule has 3 rings (SSSR count). The number of ether oxygens (including phenoxy) is 1. The molecule has 1 aromatic carbocycles. The Morgan fingerprint density at radius 1 is 1.35 bits per heavy atom. The molecule has 1 fully saturated rings. The zero-order valence-electron chi connectivity index (χ0n) is 13.4. The molecule has 1 aliphatic rings. The van der Waals surface area contributed by atoms with Crippen LogP contribution in [0.5, 0.6) is 0 Å². The molecule has 1 aromatic heterocycles. The Kier molecular flexibility index (Phi) is 4.60. The molecule has 0 radical (unpaired) electrons. The van der Waals surface area contributed by atoms with Gasteiger partial charge in [-0.3, -0.25) is 0 Å². The van der Waals surface area contributed by atoms with Crippen LogP contribution < -0.4 is 0 Å².